The molecule has 1 amide bonds. The monoisotopic (exact) mass is 361 g/mol. The molecule has 2 aliphatic heterocycles. The van der Waals surface area contributed by atoms with Gasteiger partial charge in [0.25, 0.3) is 0 Å². The molecule has 0 aliphatic carbocycles. The summed E-state index contributed by atoms with van der Waals surface area (Å²) in [5.74, 6) is 0.631. The van der Waals surface area contributed by atoms with Crippen molar-refractivity contribution in [2.45, 2.75) is 63.9 Å². The summed E-state index contributed by atoms with van der Waals surface area (Å²) in [6, 6.07) is 10.2. The summed E-state index contributed by atoms with van der Waals surface area (Å²) < 4.78 is 11.7. The summed E-state index contributed by atoms with van der Waals surface area (Å²) in [6.07, 6.45) is 2.65. The fourth-order valence-corrected chi connectivity index (χ4v) is 3.63. The van der Waals surface area contributed by atoms with Gasteiger partial charge in [0, 0.05) is 12.6 Å². The summed E-state index contributed by atoms with van der Waals surface area (Å²) in [7, 11) is 0. The molecular weight excluding hydrogens is 330 g/mol. The van der Waals surface area contributed by atoms with Gasteiger partial charge in [-0.3, -0.25) is 10.2 Å². The van der Waals surface area contributed by atoms with E-state index in [1.807, 2.05) is 18.2 Å². The number of rotatable bonds is 7. The molecule has 3 rings (SSSR count). The van der Waals surface area contributed by atoms with Crippen molar-refractivity contribution in [1.82, 2.24) is 16.2 Å². The van der Waals surface area contributed by atoms with Crippen LogP contribution in [-0.2, 0) is 20.9 Å². The Morgan fingerprint density at radius 2 is 2.12 bits per heavy atom. The third-order valence-corrected chi connectivity index (χ3v) is 4.98. The Labute approximate surface area is 156 Å². The van der Waals surface area contributed by atoms with Crippen molar-refractivity contribution in [3.05, 3.63) is 35.9 Å². The molecule has 0 bridgehead atoms. The van der Waals surface area contributed by atoms with Crippen LogP contribution in [0, 0.1) is 5.92 Å². The molecule has 6 heteroatoms. The Morgan fingerprint density at radius 3 is 2.88 bits per heavy atom. The smallest absolute Gasteiger partial charge is 0.238 e. The first-order valence-electron chi connectivity index (χ1n) is 9.66. The molecule has 1 aromatic carbocycles. The summed E-state index contributed by atoms with van der Waals surface area (Å²) in [5.41, 5.74) is 7.51. The van der Waals surface area contributed by atoms with Crippen LogP contribution in [0.5, 0.6) is 0 Å². The third-order valence-electron chi connectivity index (χ3n) is 4.98. The van der Waals surface area contributed by atoms with Crippen molar-refractivity contribution >= 4 is 5.91 Å². The van der Waals surface area contributed by atoms with Crippen LogP contribution in [0.15, 0.2) is 30.3 Å². The number of nitrogens with one attached hydrogen (secondary N) is 3. The molecule has 6 nitrogen and oxygen atoms in total. The molecule has 0 spiro atoms. The maximum absolute atomic E-state index is 12.6. The van der Waals surface area contributed by atoms with Gasteiger partial charge in [-0.1, -0.05) is 44.2 Å². The van der Waals surface area contributed by atoms with Crippen molar-refractivity contribution in [1.29, 1.82) is 0 Å². The molecule has 4 atom stereocenters. The van der Waals surface area contributed by atoms with Crippen molar-refractivity contribution in [3.8, 4) is 0 Å². The Kier molecular flexibility index (Phi) is 7.02. The number of benzene rings is 1. The van der Waals surface area contributed by atoms with E-state index in [9.17, 15) is 4.79 Å². The molecule has 1 aromatic rings. The number of carbonyl (C=O) groups excluding carboxylic acids is 1. The van der Waals surface area contributed by atoms with E-state index in [1.165, 1.54) is 0 Å². The molecule has 2 fully saturated rings. The van der Waals surface area contributed by atoms with Gasteiger partial charge in [-0.2, -0.15) is 0 Å². The zero-order valence-electron chi connectivity index (χ0n) is 15.7. The van der Waals surface area contributed by atoms with Crippen LogP contribution in [0.2, 0.25) is 0 Å². The lowest BCUT2D eigenvalue weighted by molar-refractivity contribution is -0.128. The molecule has 2 heterocycles. The molecule has 144 valence electrons. The number of hydrazine groups is 1. The van der Waals surface area contributed by atoms with Crippen LogP contribution >= 0.6 is 0 Å². The van der Waals surface area contributed by atoms with Gasteiger partial charge in [0.1, 0.15) is 6.04 Å². The predicted octanol–water partition coefficient (Wildman–Crippen LogP) is 1.76. The zero-order valence-corrected chi connectivity index (χ0v) is 15.7. The average molecular weight is 361 g/mol. The Bertz CT molecular complexity index is 567. The quantitative estimate of drug-likeness (QED) is 0.690. The van der Waals surface area contributed by atoms with Crippen molar-refractivity contribution in [3.63, 3.8) is 0 Å². The summed E-state index contributed by atoms with van der Waals surface area (Å²) >= 11 is 0. The fourth-order valence-electron chi connectivity index (χ4n) is 3.63. The highest BCUT2D eigenvalue weighted by molar-refractivity contribution is 5.82. The van der Waals surface area contributed by atoms with E-state index in [0.717, 1.165) is 24.8 Å². The third kappa shape index (κ3) is 5.51. The largest absolute Gasteiger partial charge is 0.379 e. The molecule has 3 N–H and O–H groups in total. The van der Waals surface area contributed by atoms with Crippen LogP contribution in [0.1, 0.15) is 38.7 Å². The molecule has 26 heavy (non-hydrogen) atoms. The van der Waals surface area contributed by atoms with Gasteiger partial charge in [0.2, 0.25) is 5.91 Å². The first-order chi connectivity index (χ1) is 12.6. The highest BCUT2D eigenvalue weighted by Crippen LogP contribution is 2.17. The molecule has 2 saturated heterocycles. The molecular formula is C20H31N3O3. The van der Waals surface area contributed by atoms with Crippen molar-refractivity contribution < 1.29 is 14.3 Å². The van der Waals surface area contributed by atoms with E-state index in [-0.39, 0.29) is 24.1 Å². The Balaban J connectivity index is 1.49. The summed E-state index contributed by atoms with van der Waals surface area (Å²) in [4.78, 5) is 12.6. The minimum atomic E-state index is -0.199. The van der Waals surface area contributed by atoms with Gasteiger partial charge in [-0.05, 0) is 30.7 Å². The van der Waals surface area contributed by atoms with Gasteiger partial charge in [0.15, 0.2) is 0 Å². The maximum atomic E-state index is 12.6. The van der Waals surface area contributed by atoms with Crippen LogP contribution in [0.3, 0.4) is 0 Å². The van der Waals surface area contributed by atoms with Gasteiger partial charge < -0.3 is 14.8 Å². The highest BCUT2D eigenvalue weighted by atomic mass is 16.5. The van der Waals surface area contributed by atoms with Gasteiger partial charge in [-0.25, -0.2) is 5.43 Å². The van der Waals surface area contributed by atoms with Gasteiger partial charge in [0.05, 0.1) is 25.4 Å². The topological polar surface area (TPSA) is 71.6 Å². The first kappa shape index (κ1) is 19.3. The number of ether oxygens (including phenoxy) is 2. The second-order valence-electron chi connectivity index (χ2n) is 7.72. The van der Waals surface area contributed by atoms with Crippen LogP contribution in [0.4, 0.5) is 0 Å². The molecule has 0 aromatic heterocycles. The lowest BCUT2D eigenvalue weighted by Crippen LogP contribution is -2.54. The van der Waals surface area contributed by atoms with Crippen molar-refractivity contribution in [2.75, 3.05) is 13.2 Å². The second-order valence-corrected chi connectivity index (χ2v) is 7.72. The van der Waals surface area contributed by atoms with Gasteiger partial charge >= 0.3 is 0 Å². The lowest BCUT2D eigenvalue weighted by Gasteiger charge is -2.32. The number of hydrogen-bond donors (Lipinski definition) is 3. The molecule has 0 saturated carbocycles. The van der Waals surface area contributed by atoms with E-state index in [0.29, 0.717) is 31.8 Å². The predicted molar refractivity (Wildman–Crippen MR) is 100 cm³/mol. The standard InChI is InChI=1S/C20H31N3O3/c1-14(2)10-16-11-17(23-22-16)20(24)21-18-13-25-9-8-19(18)26-12-15-6-4-3-5-7-15/h3-7,14,16-19,22-23H,8-13H2,1-2H3,(H,21,24)/t16?,17?,18-,19+/m1/s1. The summed E-state index contributed by atoms with van der Waals surface area (Å²) in [6.45, 7) is 6.12. The second kappa shape index (κ2) is 9.46. The summed E-state index contributed by atoms with van der Waals surface area (Å²) in [5, 5.41) is 3.13. The Morgan fingerprint density at radius 1 is 1.31 bits per heavy atom. The van der Waals surface area contributed by atoms with E-state index in [2.05, 4.69) is 42.1 Å². The first-order valence-corrected chi connectivity index (χ1v) is 9.66. The number of carbonyl (C=O) groups is 1. The number of amides is 1. The van der Waals surface area contributed by atoms with E-state index in [1.54, 1.807) is 0 Å². The average Bonchev–Trinajstić information content (AvgIpc) is 3.10. The zero-order chi connectivity index (χ0) is 18.4. The fraction of sp³-hybridized carbons (Fsp3) is 0.650. The lowest BCUT2D eigenvalue weighted by atomic mass is 9.99. The number of hydrogen-bond acceptors (Lipinski definition) is 5. The minimum Gasteiger partial charge on any atom is -0.379 e. The molecule has 2 unspecified atom stereocenters. The van der Waals surface area contributed by atoms with Crippen molar-refractivity contribution in [2.24, 2.45) is 5.92 Å². The Hall–Kier alpha value is -1.47. The van der Waals surface area contributed by atoms with E-state index < -0.39 is 0 Å². The normalized spacial score (nSPS) is 29.0. The van der Waals surface area contributed by atoms with E-state index >= 15 is 0 Å². The van der Waals surface area contributed by atoms with Gasteiger partial charge in [-0.15, -0.1) is 0 Å². The highest BCUT2D eigenvalue weighted by Gasteiger charge is 2.33. The minimum absolute atomic E-state index is 0.0197. The van der Waals surface area contributed by atoms with Crippen LogP contribution in [0.25, 0.3) is 0 Å². The molecule has 0 radical (unpaired) electrons. The van der Waals surface area contributed by atoms with Crippen LogP contribution < -0.4 is 16.2 Å². The van der Waals surface area contributed by atoms with E-state index in [4.69, 9.17) is 9.47 Å². The maximum Gasteiger partial charge on any atom is 0.238 e. The molecule has 2 aliphatic rings. The SMILES string of the molecule is CC(C)CC1CC(C(=O)N[C@@H]2COCC[C@@H]2OCc2ccccc2)NN1. The van der Waals surface area contributed by atoms with Crippen LogP contribution in [-0.4, -0.2) is 43.4 Å².